The molecule has 196 valence electrons. The van der Waals surface area contributed by atoms with E-state index >= 15 is 0 Å². The SMILES string of the molecule is CNc1ccc(Sc2cnc(N3CCC4(CCC(C)C4N)CC3)cn2)c(Cl)c1SNCc1ccccc1. The fraction of sp³-hybridized carbons (Fsp3) is 0.429. The van der Waals surface area contributed by atoms with Gasteiger partial charge in [-0.2, -0.15) is 0 Å². The molecule has 5 rings (SSSR count). The van der Waals surface area contributed by atoms with E-state index in [4.69, 9.17) is 27.3 Å². The molecule has 2 unspecified atom stereocenters. The molecule has 2 aromatic carbocycles. The summed E-state index contributed by atoms with van der Waals surface area (Å²) in [5, 5.41) is 4.78. The molecule has 6 nitrogen and oxygen atoms in total. The van der Waals surface area contributed by atoms with Crippen LogP contribution in [-0.2, 0) is 6.54 Å². The Balaban J connectivity index is 1.22. The zero-order valence-electron chi connectivity index (χ0n) is 21.4. The molecule has 3 aromatic rings. The highest BCUT2D eigenvalue weighted by Gasteiger charge is 2.46. The number of rotatable bonds is 8. The van der Waals surface area contributed by atoms with Crippen LogP contribution in [0.3, 0.4) is 0 Å². The van der Waals surface area contributed by atoms with Crippen LogP contribution in [0.5, 0.6) is 0 Å². The van der Waals surface area contributed by atoms with Crippen molar-refractivity contribution >= 4 is 46.8 Å². The topological polar surface area (TPSA) is 79.1 Å². The Kier molecular flexibility index (Phi) is 8.51. The molecule has 1 saturated heterocycles. The van der Waals surface area contributed by atoms with E-state index in [0.29, 0.717) is 22.4 Å². The molecule has 4 N–H and O–H groups in total. The first kappa shape index (κ1) is 26.6. The van der Waals surface area contributed by atoms with Gasteiger partial charge in [-0.15, -0.1) is 0 Å². The summed E-state index contributed by atoms with van der Waals surface area (Å²) in [5.41, 5.74) is 9.12. The molecule has 1 aliphatic heterocycles. The van der Waals surface area contributed by atoms with Crippen LogP contribution >= 0.6 is 35.3 Å². The van der Waals surface area contributed by atoms with E-state index in [0.717, 1.165) is 58.8 Å². The van der Waals surface area contributed by atoms with Gasteiger partial charge in [0.15, 0.2) is 0 Å². The van der Waals surface area contributed by atoms with Gasteiger partial charge in [-0.1, -0.05) is 60.6 Å². The van der Waals surface area contributed by atoms with Crippen molar-refractivity contribution in [2.45, 2.75) is 60.0 Å². The average Bonchev–Trinajstić information content (AvgIpc) is 3.20. The zero-order valence-corrected chi connectivity index (χ0v) is 23.8. The van der Waals surface area contributed by atoms with Gasteiger partial charge >= 0.3 is 0 Å². The monoisotopic (exact) mass is 554 g/mol. The molecule has 1 aromatic heterocycles. The number of nitrogens with one attached hydrogen (secondary N) is 2. The van der Waals surface area contributed by atoms with Crippen LogP contribution in [0.2, 0.25) is 5.02 Å². The zero-order chi connectivity index (χ0) is 25.8. The minimum Gasteiger partial charge on any atom is -0.387 e. The maximum Gasteiger partial charge on any atom is 0.147 e. The van der Waals surface area contributed by atoms with Crippen LogP contribution in [0, 0.1) is 11.3 Å². The van der Waals surface area contributed by atoms with Gasteiger partial charge in [-0.05, 0) is 66.7 Å². The van der Waals surface area contributed by atoms with Gasteiger partial charge in [0, 0.05) is 37.6 Å². The number of hydrogen-bond donors (Lipinski definition) is 3. The third-order valence-corrected chi connectivity index (χ3v) is 10.5. The second-order valence-electron chi connectivity index (χ2n) is 10.1. The molecule has 0 bridgehead atoms. The molecule has 1 saturated carbocycles. The molecular weight excluding hydrogens is 520 g/mol. The van der Waals surface area contributed by atoms with Gasteiger partial charge in [0.2, 0.25) is 0 Å². The maximum absolute atomic E-state index is 6.87. The summed E-state index contributed by atoms with van der Waals surface area (Å²) in [6.45, 7) is 5.04. The normalized spacial score (nSPS) is 20.9. The highest BCUT2D eigenvalue weighted by Crippen LogP contribution is 2.48. The van der Waals surface area contributed by atoms with E-state index in [1.54, 1.807) is 0 Å². The largest absolute Gasteiger partial charge is 0.387 e. The number of aromatic nitrogens is 2. The Morgan fingerprint density at radius 3 is 2.51 bits per heavy atom. The highest BCUT2D eigenvalue weighted by molar-refractivity contribution is 7.99. The van der Waals surface area contributed by atoms with E-state index in [1.807, 2.05) is 43.7 Å². The second kappa shape index (κ2) is 11.8. The number of anilines is 2. The Bertz CT molecular complexity index is 1190. The average molecular weight is 555 g/mol. The second-order valence-corrected chi connectivity index (χ2v) is 12.5. The predicted octanol–water partition coefficient (Wildman–Crippen LogP) is 6.46. The molecule has 2 atom stereocenters. The number of halogens is 1. The van der Waals surface area contributed by atoms with Gasteiger partial charge < -0.3 is 16.0 Å². The van der Waals surface area contributed by atoms with E-state index in [9.17, 15) is 0 Å². The number of piperidine rings is 1. The van der Waals surface area contributed by atoms with Gasteiger partial charge in [-0.25, -0.2) is 9.97 Å². The van der Waals surface area contributed by atoms with E-state index in [2.05, 4.69) is 40.1 Å². The van der Waals surface area contributed by atoms with Crippen LogP contribution < -0.4 is 20.7 Å². The molecule has 1 spiro atoms. The standard InChI is InChI=1S/C28H35ClN6S2/c1-19-10-11-28(27(19)30)12-14-35(15-13-28)23-17-33-24(18-32-23)36-22-9-8-21(31-2)26(25(22)29)37-34-16-20-6-4-3-5-7-20/h3-9,17-19,27,31,34H,10-16,30H2,1-2H3. The van der Waals surface area contributed by atoms with Crippen molar-refractivity contribution in [1.82, 2.24) is 14.7 Å². The fourth-order valence-corrected chi connectivity index (χ4v) is 7.66. The quantitative estimate of drug-likeness (QED) is 0.274. The molecule has 0 amide bonds. The van der Waals surface area contributed by atoms with Crippen molar-refractivity contribution in [3.63, 3.8) is 0 Å². The molecule has 9 heteroatoms. The fourth-order valence-electron chi connectivity index (χ4n) is 5.57. The lowest BCUT2D eigenvalue weighted by Crippen LogP contribution is -2.48. The van der Waals surface area contributed by atoms with Crippen molar-refractivity contribution in [2.75, 3.05) is 30.4 Å². The van der Waals surface area contributed by atoms with E-state index in [-0.39, 0.29) is 0 Å². The first-order chi connectivity index (χ1) is 18.0. The van der Waals surface area contributed by atoms with Gasteiger partial charge in [0.1, 0.15) is 10.8 Å². The van der Waals surface area contributed by atoms with Gasteiger partial charge in [0.05, 0.1) is 28.0 Å². The van der Waals surface area contributed by atoms with E-state index in [1.165, 1.54) is 42.1 Å². The summed E-state index contributed by atoms with van der Waals surface area (Å²) in [5.74, 6) is 1.58. The minimum atomic E-state index is 0.321. The molecule has 37 heavy (non-hydrogen) atoms. The number of nitrogens with zero attached hydrogens (tertiary/aromatic N) is 3. The Labute approximate surface area is 233 Å². The molecule has 1 aliphatic carbocycles. The van der Waals surface area contributed by atoms with Crippen molar-refractivity contribution in [2.24, 2.45) is 17.1 Å². The van der Waals surface area contributed by atoms with Crippen molar-refractivity contribution in [3.05, 3.63) is 65.4 Å². The number of benzene rings is 2. The summed E-state index contributed by atoms with van der Waals surface area (Å²) in [6, 6.07) is 14.7. The maximum atomic E-state index is 6.87. The van der Waals surface area contributed by atoms with Crippen LogP contribution in [0.1, 0.15) is 38.2 Å². The molecule has 2 heterocycles. The molecule has 2 fully saturated rings. The number of hydrogen-bond acceptors (Lipinski definition) is 8. The summed E-state index contributed by atoms with van der Waals surface area (Å²) in [7, 11) is 1.91. The van der Waals surface area contributed by atoms with Crippen molar-refractivity contribution in [1.29, 1.82) is 0 Å². The highest BCUT2D eigenvalue weighted by atomic mass is 35.5. The first-order valence-electron chi connectivity index (χ1n) is 12.9. The van der Waals surface area contributed by atoms with Crippen molar-refractivity contribution in [3.8, 4) is 0 Å². The van der Waals surface area contributed by atoms with Gasteiger partial charge in [0.25, 0.3) is 0 Å². The van der Waals surface area contributed by atoms with Crippen LogP contribution in [0.4, 0.5) is 11.5 Å². The minimum absolute atomic E-state index is 0.321. The summed E-state index contributed by atoms with van der Waals surface area (Å²) in [6.07, 6.45) is 8.56. The lowest BCUT2D eigenvalue weighted by molar-refractivity contribution is 0.186. The lowest BCUT2D eigenvalue weighted by atomic mass is 9.73. The van der Waals surface area contributed by atoms with Gasteiger partial charge in [-0.3, -0.25) is 4.72 Å². The predicted molar refractivity (Wildman–Crippen MR) is 157 cm³/mol. The first-order valence-corrected chi connectivity index (χ1v) is 14.9. The van der Waals surface area contributed by atoms with Crippen LogP contribution in [-0.4, -0.2) is 36.1 Å². The Hall–Kier alpha value is -1.97. The summed E-state index contributed by atoms with van der Waals surface area (Å²) in [4.78, 5) is 13.7. The third kappa shape index (κ3) is 5.88. The van der Waals surface area contributed by atoms with Crippen LogP contribution in [0.25, 0.3) is 0 Å². The lowest BCUT2D eigenvalue weighted by Gasteiger charge is -2.43. The molecular formula is C28H35ClN6S2. The van der Waals surface area contributed by atoms with Crippen LogP contribution in [0.15, 0.2) is 69.7 Å². The Morgan fingerprint density at radius 1 is 1.08 bits per heavy atom. The third-order valence-electron chi connectivity index (χ3n) is 7.95. The van der Waals surface area contributed by atoms with Crippen molar-refractivity contribution < 1.29 is 0 Å². The molecule has 0 radical (unpaired) electrons. The molecule has 2 aliphatic rings. The Morgan fingerprint density at radius 2 is 1.86 bits per heavy atom. The smallest absolute Gasteiger partial charge is 0.147 e. The van der Waals surface area contributed by atoms with E-state index < -0.39 is 0 Å². The number of nitrogens with two attached hydrogens (primary N) is 1. The summed E-state index contributed by atoms with van der Waals surface area (Å²) >= 11 is 9.95. The summed E-state index contributed by atoms with van der Waals surface area (Å²) < 4.78 is 3.43.